The Hall–Kier alpha value is -2.93. The number of carboxylic acids is 1. The lowest BCUT2D eigenvalue weighted by atomic mass is 9.96. The van der Waals surface area contributed by atoms with Gasteiger partial charge in [0.15, 0.2) is 0 Å². The number of hydrogen-bond acceptors (Lipinski definition) is 7. The summed E-state index contributed by atoms with van der Waals surface area (Å²) in [7, 11) is -4.11. The van der Waals surface area contributed by atoms with Gasteiger partial charge in [-0.2, -0.15) is 4.31 Å². The molecule has 3 N–H and O–H groups in total. The van der Waals surface area contributed by atoms with Crippen molar-refractivity contribution >= 4 is 56.7 Å². The maximum Gasteiger partial charge on any atom is 0.326 e. The van der Waals surface area contributed by atoms with Crippen molar-refractivity contribution in [3.63, 3.8) is 0 Å². The van der Waals surface area contributed by atoms with E-state index in [2.05, 4.69) is 15.6 Å². The number of halogens is 2. The molecule has 3 heterocycles. The summed E-state index contributed by atoms with van der Waals surface area (Å²) in [5, 5.41) is 15.8. The fourth-order valence-corrected chi connectivity index (χ4v) is 7.56. The summed E-state index contributed by atoms with van der Waals surface area (Å²) in [6.45, 7) is 2.04. The van der Waals surface area contributed by atoms with E-state index in [1.165, 1.54) is 18.2 Å². The molecule has 2 amide bonds. The van der Waals surface area contributed by atoms with Gasteiger partial charge in [-0.1, -0.05) is 23.2 Å². The van der Waals surface area contributed by atoms with E-state index >= 15 is 0 Å². The number of sulfonamides is 1. The Labute approximate surface area is 249 Å². The standard InChI is InChI=1S/C27H33Cl2N5O6S/c28-19-14-20(29)16-22(15-19)41(39,40)34-11-1-2-24(34)26(36)32-23(27(37)38)3-4-25(35)33-12-7-18(8-13-33)17-31-21-5-9-30-10-6-21/h5-6,9-10,14-16,18,23-24H,1-4,7-8,11-13,17H2,(H,30,31)(H,32,36)(H,37,38)/t23-,24+/m0/s1. The largest absolute Gasteiger partial charge is 0.480 e. The molecule has 0 radical (unpaired) electrons. The topological polar surface area (TPSA) is 149 Å². The lowest BCUT2D eigenvalue weighted by molar-refractivity contribution is -0.143. The first kappa shape index (κ1) is 31.0. The predicted molar refractivity (Wildman–Crippen MR) is 154 cm³/mol. The van der Waals surface area contributed by atoms with Gasteiger partial charge in [0.1, 0.15) is 12.1 Å². The number of anilines is 1. The minimum Gasteiger partial charge on any atom is -0.480 e. The summed E-state index contributed by atoms with van der Waals surface area (Å²) < 4.78 is 27.6. The lowest BCUT2D eigenvalue weighted by Gasteiger charge is -2.32. The van der Waals surface area contributed by atoms with E-state index in [0.717, 1.165) is 29.4 Å². The van der Waals surface area contributed by atoms with E-state index in [-0.39, 0.29) is 46.7 Å². The summed E-state index contributed by atoms with van der Waals surface area (Å²) in [6, 6.07) is 5.28. The van der Waals surface area contributed by atoms with Crippen LogP contribution in [-0.2, 0) is 24.4 Å². The van der Waals surface area contributed by atoms with Crippen molar-refractivity contribution < 1.29 is 27.9 Å². The molecule has 41 heavy (non-hydrogen) atoms. The summed E-state index contributed by atoms with van der Waals surface area (Å²) in [6.07, 6.45) is 5.60. The van der Waals surface area contributed by atoms with Gasteiger partial charge in [-0.25, -0.2) is 13.2 Å². The number of carbonyl (C=O) groups excluding carboxylic acids is 2. The van der Waals surface area contributed by atoms with Crippen LogP contribution in [0.3, 0.4) is 0 Å². The molecule has 14 heteroatoms. The van der Waals surface area contributed by atoms with Gasteiger partial charge in [0, 0.05) is 60.7 Å². The van der Waals surface area contributed by atoms with Gasteiger partial charge >= 0.3 is 5.97 Å². The van der Waals surface area contributed by atoms with E-state index < -0.39 is 34.0 Å². The molecule has 2 fully saturated rings. The molecule has 2 saturated heterocycles. The van der Waals surface area contributed by atoms with Gasteiger partial charge in [-0.3, -0.25) is 14.6 Å². The molecule has 2 atom stereocenters. The maximum absolute atomic E-state index is 13.3. The summed E-state index contributed by atoms with van der Waals surface area (Å²) in [5.41, 5.74) is 0.993. The van der Waals surface area contributed by atoms with Crippen molar-refractivity contribution in [3.05, 3.63) is 52.8 Å². The zero-order valence-electron chi connectivity index (χ0n) is 22.3. The van der Waals surface area contributed by atoms with Gasteiger partial charge in [-0.15, -0.1) is 0 Å². The third-order valence-corrected chi connectivity index (χ3v) is 9.78. The van der Waals surface area contributed by atoms with Crippen LogP contribution in [0.4, 0.5) is 5.69 Å². The van der Waals surface area contributed by atoms with E-state index in [0.29, 0.717) is 25.4 Å². The maximum atomic E-state index is 13.3. The molecule has 0 spiro atoms. The fourth-order valence-electron chi connectivity index (χ4n) is 5.17. The summed E-state index contributed by atoms with van der Waals surface area (Å²) in [5.74, 6) is -1.77. The Morgan fingerprint density at radius 1 is 1.02 bits per heavy atom. The summed E-state index contributed by atoms with van der Waals surface area (Å²) in [4.78, 5) is 43.4. The van der Waals surface area contributed by atoms with Crippen LogP contribution >= 0.6 is 23.2 Å². The molecule has 2 aromatic rings. The number of aliphatic carboxylic acids is 1. The number of carboxylic acid groups (broad SMARTS) is 1. The van der Waals surface area contributed by atoms with Gasteiger partial charge < -0.3 is 20.6 Å². The normalized spacial score (nSPS) is 19.1. The molecule has 0 saturated carbocycles. The number of hydrogen-bond donors (Lipinski definition) is 3. The molecule has 0 aliphatic carbocycles. The highest BCUT2D eigenvalue weighted by Gasteiger charge is 2.41. The number of piperidine rings is 1. The highest BCUT2D eigenvalue weighted by molar-refractivity contribution is 7.89. The van der Waals surface area contributed by atoms with E-state index in [4.69, 9.17) is 23.2 Å². The highest BCUT2D eigenvalue weighted by atomic mass is 35.5. The predicted octanol–water partition coefficient (Wildman–Crippen LogP) is 3.24. The minimum absolute atomic E-state index is 0.0507. The van der Waals surface area contributed by atoms with Gasteiger partial charge in [0.2, 0.25) is 21.8 Å². The average molecular weight is 627 g/mol. The van der Waals surface area contributed by atoms with E-state index in [9.17, 15) is 27.9 Å². The lowest BCUT2D eigenvalue weighted by Crippen LogP contribution is -2.51. The second kappa shape index (κ2) is 13.8. The van der Waals surface area contributed by atoms with Crippen molar-refractivity contribution in [3.8, 4) is 0 Å². The monoisotopic (exact) mass is 625 g/mol. The van der Waals surface area contributed by atoms with Crippen LogP contribution in [0.5, 0.6) is 0 Å². The third-order valence-electron chi connectivity index (χ3n) is 7.45. The van der Waals surface area contributed by atoms with Crippen LogP contribution in [0, 0.1) is 5.92 Å². The highest BCUT2D eigenvalue weighted by Crippen LogP contribution is 2.30. The van der Waals surface area contributed by atoms with Crippen LogP contribution in [0.2, 0.25) is 10.0 Å². The third kappa shape index (κ3) is 8.09. The Morgan fingerprint density at radius 3 is 2.32 bits per heavy atom. The first-order chi connectivity index (χ1) is 19.5. The quantitative estimate of drug-likeness (QED) is 0.344. The van der Waals surface area contributed by atoms with Crippen LogP contribution in [0.15, 0.2) is 47.6 Å². The molecule has 2 aliphatic heterocycles. The first-order valence-corrected chi connectivity index (χ1v) is 15.7. The second-order valence-corrected chi connectivity index (χ2v) is 13.0. The Kier molecular flexibility index (Phi) is 10.5. The molecule has 222 valence electrons. The summed E-state index contributed by atoms with van der Waals surface area (Å²) >= 11 is 12.0. The fraction of sp³-hybridized carbons (Fsp3) is 0.481. The van der Waals surface area contributed by atoms with Gasteiger partial charge in [0.25, 0.3) is 0 Å². The van der Waals surface area contributed by atoms with Crippen LogP contribution in [0.25, 0.3) is 0 Å². The SMILES string of the molecule is O=C(O)[C@H](CCC(=O)N1CCC(CNc2ccncc2)CC1)NC(=O)[C@H]1CCCN1S(=O)(=O)c1cc(Cl)cc(Cl)c1. The van der Waals surface area contributed by atoms with Gasteiger partial charge in [0.05, 0.1) is 4.90 Å². The number of nitrogens with zero attached hydrogens (tertiary/aromatic N) is 3. The molecule has 4 rings (SSSR count). The Balaban J connectivity index is 1.28. The van der Waals surface area contributed by atoms with Crippen LogP contribution < -0.4 is 10.6 Å². The number of aromatic nitrogens is 1. The Bertz CT molecular complexity index is 1330. The minimum atomic E-state index is -4.11. The molecule has 0 unspecified atom stereocenters. The van der Waals surface area contributed by atoms with Crippen molar-refractivity contribution in [1.82, 2.24) is 19.5 Å². The molecule has 0 bridgehead atoms. The van der Waals surface area contributed by atoms with Crippen molar-refractivity contribution in [2.45, 2.75) is 55.5 Å². The number of pyridine rings is 1. The van der Waals surface area contributed by atoms with Crippen LogP contribution in [-0.4, -0.2) is 83.8 Å². The van der Waals surface area contributed by atoms with Crippen molar-refractivity contribution in [2.24, 2.45) is 5.92 Å². The average Bonchev–Trinajstić information content (AvgIpc) is 3.45. The Morgan fingerprint density at radius 2 is 1.68 bits per heavy atom. The molecular formula is C27H33Cl2N5O6S. The smallest absolute Gasteiger partial charge is 0.326 e. The zero-order chi connectivity index (χ0) is 29.6. The van der Waals surface area contributed by atoms with Gasteiger partial charge in [-0.05, 0) is 68.4 Å². The number of likely N-dealkylation sites (tertiary alicyclic amines) is 1. The molecule has 2 aliphatic rings. The number of rotatable bonds is 11. The number of amides is 2. The van der Waals surface area contributed by atoms with Crippen molar-refractivity contribution in [2.75, 3.05) is 31.5 Å². The van der Waals surface area contributed by atoms with E-state index in [1.54, 1.807) is 17.3 Å². The number of carbonyl (C=O) groups is 3. The zero-order valence-corrected chi connectivity index (χ0v) is 24.7. The molecule has 11 nitrogen and oxygen atoms in total. The second-order valence-electron chi connectivity index (χ2n) is 10.3. The molecule has 1 aromatic heterocycles. The van der Waals surface area contributed by atoms with Crippen molar-refractivity contribution in [1.29, 1.82) is 0 Å². The number of benzene rings is 1. The first-order valence-electron chi connectivity index (χ1n) is 13.5. The van der Waals surface area contributed by atoms with E-state index in [1.807, 2.05) is 12.1 Å². The molecule has 1 aromatic carbocycles. The molecular weight excluding hydrogens is 593 g/mol. The number of nitrogens with one attached hydrogen (secondary N) is 2. The van der Waals surface area contributed by atoms with Crippen LogP contribution in [0.1, 0.15) is 38.5 Å².